The Hall–Kier alpha value is -1.14. The highest BCUT2D eigenvalue weighted by Crippen LogP contribution is 2.21. The van der Waals surface area contributed by atoms with Gasteiger partial charge in [-0.1, -0.05) is 0 Å². The summed E-state index contributed by atoms with van der Waals surface area (Å²) in [5.41, 5.74) is -0.620. The lowest BCUT2D eigenvalue weighted by Crippen LogP contribution is -2.51. The zero-order valence-corrected chi connectivity index (χ0v) is 11.2. The monoisotopic (exact) mass is 258 g/mol. The first-order chi connectivity index (χ1) is 8.34. The number of piperidine rings is 1. The molecule has 1 saturated heterocycles. The third-order valence-corrected chi connectivity index (χ3v) is 3.24. The van der Waals surface area contributed by atoms with Crippen LogP contribution in [0.25, 0.3) is 0 Å². The molecule has 0 saturated carbocycles. The number of carbonyl (C=O) groups excluding carboxylic acids is 2. The van der Waals surface area contributed by atoms with Crippen LogP contribution in [0, 0.1) is 0 Å². The maximum atomic E-state index is 11.5. The average molecular weight is 258 g/mol. The molecule has 1 rings (SSSR count). The van der Waals surface area contributed by atoms with Crippen molar-refractivity contribution in [3.63, 3.8) is 0 Å². The predicted molar refractivity (Wildman–Crippen MR) is 65.9 cm³/mol. The van der Waals surface area contributed by atoms with Crippen molar-refractivity contribution < 1.29 is 19.4 Å². The van der Waals surface area contributed by atoms with Crippen LogP contribution in [0.5, 0.6) is 0 Å². The van der Waals surface area contributed by atoms with Crippen LogP contribution in [0.4, 0.5) is 0 Å². The summed E-state index contributed by atoms with van der Waals surface area (Å²) in [4.78, 5) is 24.6. The fourth-order valence-corrected chi connectivity index (χ4v) is 2.04. The van der Waals surface area contributed by atoms with E-state index in [4.69, 9.17) is 0 Å². The maximum Gasteiger partial charge on any atom is 0.329 e. The Morgan fingerprint density at radius 2 is 2.00 bits per heavy atom. The SMILES string of the molecule is COC(=O)C(CN1CCC(C)(O)CC1)NC(C)=O. The second-order valence-corrected chi connectivity index (χ2v) is 5.07. The third-order valence-electron chi connectivity index (χ3n) is 3.24. The minimum Gasteiger partial charge on any atom is -0.467 e. The Morgan fingerprint density at radius 1 is 1.44 bits per heavy atom. The molecule has 0 aromatic rings. The largest absolute Gasteiger partial charge is 0.467 e. The van der Waals surface area contributed by atoms with Crippen molar-refractivity contribution >= 4 is 11.9 Å². The molecule has 1 aliphatic heterocycles. The van der Waals surface area contributed by atoms with E-state index in [1.807, 2.05) is 6.92 Å². The molecule has 0 aliphatic carbocycles. The fraction of sp³-hybridized carbons (Fsp3) is 0.833. The zero-order valence-electron chi connectivity index (χ0n) is 11.2. The van der Waals surface area contributed by atoms with Gasteiger partial charge in [0.05, 0.1) is 12.7 Å². The fourth-order valence-electron chi connectivity index (χ4n) is 2.04. The normalized spacial score (nSPS) is 21.1. The van der Waals surface area contributed by atoms with E-state index in [1.54, 1.807) is 0 Å². The number of methoxy groups -OCH3 is 1. The molecule has 0 bridgehead atoms. The number of likely N-dealkylation sites (tertiary alicyclic amines) is 1. The van der Waals surface area contributed by atoms with Crippen LogP contribution in [-0.2, 0) is 14.3 Å². The first-order valence-corrected chi connectivity index (χ1v) is 6.14. The molecule has 6 heteroatoms. The van der Waals surface area contributed by atoms with Crippen molar-refractivity contribution in [3.8, 4) is 0 Å². The number of rotatable bonds is 4. The minimum absolute atomic E-state index is 0.255. The molecule has 0 aromatic heterocycles. The molecule has 2 N–H and O–H groups in total. The molecule has 0 spiro atoms. The van der Waals surface area contributed by atoms with E-state index in [2.05, 4.69) is 15.0 Å². The molecule has 18 heavy (non-hydrogen) atoms. The summed E-state index contributed by atoms with van der Waals surface area (Å²) in [6.07, 6.45) is 1.34. The lowest BCUT2D eigenvalue weighted by atomic mass is 9.93. The van der Waals surface area contributed by atoms with Gasteiger partial charge in [0.25, 0.3) is 0 Å². The standard InChI is InChI=1S/C12H22N2O4/c1-9(15)13-10(11(16)18-3)8-14-6-4-12(2,17)5-7-14/h10,17H,4-8H2,1-3H3,(H,13,15). The molecular formula is C12H22N2O4. The number of carbonyl (C=O) groups is 2. The zero-order chi connectivity index (χ0) is 13.8. The van der Waals surface area contributed by atoms with Gasteiger partial charge in [0.2, 0.25) is 5.91 Å². The lowest BCUT2D eigenvalue weighted by molar-refractivity contribution is -0.145. The molecular weight excluding hydrogens is 236 g/mol. The molecule has 1 aliphatic rings. The Kier molecular flexibility index (Phi) is 5.10. The van der Waals surface area contributed by atoms with Gasteiger partial charge >= 0.3 is 5.97 Å². The van der Waals surface area contributed by atoms with Crippen LogP contribution >= 0.6 is 0 Å². The summed E-state index contributed by atoms with van der Waals surface area (Å²) < 4.78 is 4.67. The predicted octanol–water partition coefficient (Wildman–Crippen LogP) is -0.489. The third kappa shape index (κ3) is 4.62. The van der Waals surface area contributed by atoms with E-state index in [0.29, 0.717) is 32.5 Å². The molecule has 1 fully saturated rings. The highest BCUT2D eigenvalue weighted by Gasteiger charge is 2.30. The summed E-state index contributed by atoms with van der Waals surface area (Å²) in [6.45, 7) is 5.02. The number of amides is 1. The smallest absolute Gasteiger partial charge is 0.329 e. The van der Waals surface area contributed by atoms with Gasteiger partial charge in [-0.2, -0.15) is 0 Å². The highest BCUT2D eigenvalue weighted by atomic mass is 16.5. The number of ether oxygens (including phenoxy) is 1. The summed E-state index contributed by atoms with van der Waals surface area (Å²) in [5, 5.41) is 12.4. The van der Waals surface area contributed by atoms with E-state index in [0.717, 1.165) is 0 Å². The molecule has 0 aromatic carbocycles. The highest BCUT2D eigenvalue weighted by molar-refractivity contribution is 5.83. The van der Waals surface area contributed by atoms with Crippen LogP contribution in [0.15, 0.2) is 0 Å². The van der Waals surface area contributed by atoms with Gasteiger partial charge in [-0.05, 0) is 19.8 Å². The van der Waals surface area contributed by atoms with E-state index in [-0.39, 0.29) is 5.91 Å². The second-order valence-electron chi connectivity index (χ2n) is 5.07. The summed E-state index contributed by atoms with van der Waals surface area (Å²) >= 11 is 0. The Labute approximate surface area is 107 Å². The van der Waals surface area contributed by atoms with Gasteiger partial charge in [-0.15, -0.1) is 0 Å². The van der Waals surface area contributed by atoms with Crippen LogP contribution < -0.4 is 5.32 Å². The van der Waals surface area contributed by atoms with Gasteiger partial charge in [0, 0.05) is 26.6 Å². The second kappa shape index (κ2) is 6.15. The topological polar surface area (TPSA) is 78.9 Å². The maximum absolute atomic E-state index is 11.5. The number of aliphatic hydroxyl groups is 1. The van der Waals surface area contributed by atoms with Crippen molar-refractivity contribution in [3.05, 3.63) is 0 Å². The summed E-state index contributed by atoms with van der Waals surface area (Å²) in [6, 6.07) is -0.643. The van der Waals surface area contributed by atoms with Crippen LogP contribution in [0.3, 0.4) is 0 Å². The Balaban J connectivity index is 2.51. The number of hydrogen-bond donors (Lipinski definition) is 2. The Bertz CT molecular complexity index is 307. The minimum atomic E-state index is -0.643. The van der Waals surface area contributed by atoms with Gasteiger partial charge < -0.3 is 20.1 Å². The molecule has 0 radical (unpaired) electrons. The van der Waals surface area contributed by atoms with Gasteiger partial charge in [-0.3, -0.25) is 4.79 Å². The molecule has 1 atom stereocenters. The first-order valence-electron chi connectivity index (χ1n) is 6.14. The average Bonchev–Trinajstić information content (AvgIpc) is 2.29. The van der Waals surface area contributed by atoms with E-state index in [9.17, 15) is 14.7 Å². The van der Waals surface area contributed by atoms with E-state index in [1.165, 1.54) is 14.0 Å². The van der Waals surface area contributed by atoms with Crippen molar-refractivity contribution in [2.24, 2.45) is 0 Å². The summed E-state index contributed by atoms with van der Waals surface area (Å²) in [5.74, 6) is -0.697. The number of nitrogens with one attached hydrogen (secondary N) is 1. The van der Waals surface area contributed by atoms with Crippen LogP contribution in [-0.4, -0.2) is 60.3 Å². The van der Waals surface area contributed by atoms with Crippen LogP contribution in [0.1, 0.15) is 26.7 Å². The molecule has 104 valence electrons. The number of esters is 1. The van der Waals surface area contributed by atoms with Crippen molar-refractivity contribution in [1.29, 1.82) is 0 Å². The molecule has 1 amide bonds. The van der Waals surface area contributed by atoms with E-state index >= 15 is 0 Å². The summed E-state index contributed by atoms with van der Waals surface area (Å²) in [7, 11) is 1.30. The molecule has 1 heterocycles. The molecule has 6 nitrogen and oxygen atoms in total. The van der Waals surface area contributed by atoms with Crippen molar-refractivity contribution in [1.82, 2.24) is 10.2 Å². The van der Waals surface area contributed by atoms with Gasteiger partial charge in [-0.25, -0.2) is 4.79 Å². The Morgan fingerprint density at radius 3 is 2.44 bits per heavy atom. The van der Waals surface area contributed by atoms with Crippen LogP contribution in [0.2, 0.25) is 0 Å². The van der Waals surface area contributed by atoms with Crippen molar-refractivity contribution in [2.75, 3.05) is 26.7 Å². The van der Waals surface area contributed by atoms with Crippen molar-refractivity contribution in [2.45, 2.75) is 38.3 Å². The van der Waals surface area contributed by atoms with E-state index < -0.39 is 17.6 Å². The molecule has 1 unspecified atom stereocenters. The lowest BCUT2D eigenvalue weighted by Gasteiger charge is -2.36. The first kappa shape index (κ1) is 14.9. The number of nitrogens with zero attached hydrogens (tertiary/aromatic N) is 1. The van der Waals surface area contributed by atoms with Gasteiger partial charge in [0.1, 0.15) is 6.04 Å². The van der Waals surface area contributed by atoms with Gasteiger partial charge in [0.15, 0.2) is 0 Å². The quantitative estimate of drug-likeness (QED) is 0.665. The number of hydrogen-bond acceptors (Lipinski definition) is 5.